The van der Waals surface area contributed by atoms with Gasteiger partial charge in [0, 0.05) is 25.2 Å². The minimum Gasteiger partial charge on any atom is -0.496 e. The zero-order valence-electron chi connectivity index (χ0n) is 15.7. The fourth-order valence-electron chi connectivity index (χ4n) is 2.86. The Morgan fingerprint density at radius 3 is 2.38 bits per heavy atom. The van der Waals surface area contributed by atoms with E-state index in [1.807, 2.05) is 0 Å². The van der Waals surface area contributed by atoms with Gasteiger partial charge < -0.3 is 15.8 Å². The lowest BCUT2D eigenvalue weighted by atomic mass is 10.1. The summed E-state index contributed by atoms with van der Waals surface area (Å²) >= 11 is 0. The van der Waals surface area contributed by atoms with Crippen LogP contribution < -0.4 is 15.8 Å². The van der Waals surface area contributed by atoms with Crippen LogP contribution >= 0.6 is 0 Å². The molecule has 1 fully saturated rings. The summed E-state index contributed by atoms with van der Waals surface area (Å²) in [6, 6.07) is 4.40. The van der Waals surface area contributed by atoms with Gasteiger partial charge in [-0.1, -0.05) is 12.8 Å². The van der Waals surface area contributed by atoms with Gasteiger partial charge in [-0.3, -0.25) is 4.79 Å². The van der Waals surface area contributed by atoms with Crippen molar-refractivity contribution in [1.29, 1.82) is 0 Å². The normalized spacial score (nSPS) is 16.8. The van der Waals surface area contributed by atoms with E-state index < -0.39 is 21.5 Å². The summed E-state index contributed by atoms with van der Waals surface area (Å²) < 4.78 is 32.7. The van der Waals surface area contributed by atoms with Crippen LogP contribution in [0.25, 0.3) is 0 Å². The number of nitrogens with zero attached hydrogens (tertiary/aromatic N) is 1. The third-order valence-corrected chi connectivity index (χ3v) is 6.22. The Balaban J connectivity index is 2.31. The quantitative estimate of drug-likeness (QED) is 0.779. The van der Waals surface area contributed by atoms with Crippen LogP contribution in [0.15, 0.2) is 23.1 Å². The SMILES string of the molecule is COc1ccc(S(=O)(=O)N2CCCCCC2)cc1C(=O)NCC(C)(C)N. The molecule has 0 spiro atoms. The summed E-state index contributed by atoms with van der Waals surface area (Å²) in [4.78, 5) is 12.6. The molecule has 2 rings (SSSR count). The monoisotopic (exact) mass is 383 g/mol. The Labute approximate surface area is 155 Å². The number of rotatable bonds is 6. The number of hydrogen-bond acceptors (Lipinski definition) is 5. The second-order valence-corrected chi connectivity index (χ2v) is 9.29. The lowest BCUT2D eigenvalue weighted by molar-refractivity contribution is 0.0942. The standard InChI is InChI=1S/C18H29N3O4S/c1-18(2,19)13-20-17(22)15-12-14(8-9-16(15)25-3)26(23,24)21-10-6-4-5-7-11-21/h8-9,12H,4-7,10-11,13,19H2,1-3H3,(H,20,22). The second kappa shape index (κ2) is 8.37. The maximum Gasteiger partial charge on any atom is 0.255 e. The smallest absolute Gasteiger partial charge is 0.255 e. The molecule has 1 heterocycles. The van der Waals surface area contributed by atoms with Gasteiger partial charge in [0.2, 0.25) is 10.0 Å². The molecule has 7 nitrogen and oxygen atoms in total. The van der Waals surface area contributed by atoms with Crippen molar-refractivity contribution in [3.8, 4) is 5.75 Å². The Kier molecular flexibility index (Phi) is 6.65. The molecule has 1 aromatic rings. The predicted octanol–water partition coefficient (Wildman–Crippen LogP) is 1.73. The van der Waals surface area contributed by atoms with E-state index in [1.165, 1.54) is 29.6 Å². The van der Waals surface area contributed by atoms with Crippen LogP contribution in [0, 0.1) is 0 Å². The fraction of sp³-hybridized carbons (Fsp3) is 0.611. The van der Waals surface area contributed by atoms with Crippen LogP contribution in [0.1, 0.15) is 49.9 Å². The van der Waals surface area contributed by atoms with Crippen molar-refractivity contribution in [2.75, 3.05) is 26.7 Å². The number of amides is 1. The number of methoxy groups -OCH3 is 1. The molecule has 0 atom stereocenters. The van der Waals surface area contributed by atoms with Crippen LogP contribution in [0.4, 0.5) is 0 Å². The zero-order chi connectivity index (χ0) is 19.4. The van der Waals surface area contributed by atoms with E-state index >= 15 is 0 Å². The van der Waals surface area contributed by atoms with E-state index in [0.29, 0.717) is 18.8 Å². The summed E-state index contributed by atoms with van der Waals surface area (Å²) in [7, 11) is -2.19. The van der Waals surface area contributed by atoms with E-state index in [2.05, 4.69) is 5.32 Å². The number of benzene rings is 1. The molecule has 1 aliphatic heterocycles. The maximum absolute atomic E-state index is 13.0. The first-order chi connectivity index (χ1) is 12.1. The van der Waals surface area contributed by atoms with Crippen LogP contribution in [0.5, 0.6) is 5.75 Å². The Morgan fingerprint density at radius 2 is 1.85 bits per heavy atom. The molecule has 146 valence electrons. The summed E-state index contributed by atoms with van der Waals surface area (Å²) in [5.41, 5.74) is 5.51. The van der Waals surface area contributed by atoms with E-state index in [1.54, 1.807) is 13.8 Å². The van der Waals surface area contributed by atoms with Crippen molar-refractivity contribution in [3.63, 3.8) is 0 Å². The van der Waals surface area contributed by atoms with Crippen molar-refractivity contribution in [2.24, 2.45) is 5.73 Å². The molecule has 0 aromatic heterocycles. The molecule has 8 heteroatoms. The predicted molar refractivity (Wildman–Crippen MR) is 101 cm³/mol. The average Bonchev–Trinajstić information content (AvgIpc) is 2.88. The van der Waals surface area contributed by atoms with Gasteiger partial charge in [0.25, 0.3) is 5.91 Å². The largest absolute Gasteiger partial charge is 0.496 e. The number of nitrogens with one attached hydrogen (secondary N) is 1. The maximum atomic E-state index is 13.0. The van der Waals surface area contributed by atoms with Crippen LogP contribution in [0.3, 0.4) is 0 Å². The average molecular weight is 384 g/mol. The van der Waals surface area contributed by atoms with E-state index in [9.17, 15) is 13.2 Å². The Morgan fingerprint density at radius 1 is 1.23 bits per heavy atom. The van der Waals surface area contributed by atoms with E-state index in [-0.39, 0.29) is 17.0 Å². The molecule has 0 aliphatic carbocycles. The molecule has 1 aromatic carbocycles. The molecule has 1 saturated heterocycles. The molecule has 1 amide bonds. The molecule has 3 N–H and O–H groups in total. The number of ether oxygens (including phenoxy) is 1. The van der Waals surface area contributed by atoms with Gasteiger partial charge in [-0.2, -0.15) is 4.31 Å². The Hall–Kier alpha value is -1.64. The lowest BCUT2D eigenvalue weighted by Gasteiger charge is -2.21. The number of sulfonamides is 1. The van der Waals surface area contributed by atoms with Crippen LogP contribution in [-0.2, 0) is 10.0 Å². The van der Waals surface area contributed by atoms with Gasteiger partial charge in [-0.15, -0.1) is 0 Å². The molecule has 26 heavy (non-hydrogen) atoms. The molecule has 0 bridgehead atoms. The first-order valence-electron chi connectivity index (χ1n) is 8.90. The minimum atomic E-state index is -3.64. The van der Waals surface area contributed by atoms with E-state index in [4.69, 9.17) is 10.5 Å². The molecular weight excluding hydrogens is 354 g/mol. The molecule has 0 radical (unpaired) electrons. The Bertz CT molecular complexity index is 733. The van der Waals surface area contributed by atoms with Gasteiger partial charge >= 0.3 is 0 Å². The molecule has 1 aliphatic rings. The number of carbonyl (C=O) groups is 1. The summed E-state index contributed by atoms with van der Waals surface area (Å²) in [6.45, 7) is 4.88. The summed E-state index contributed by atoms with van der Waals surface area (Å²) in [5.74, 6) is -0.0829. The van der Waals surface area contributed by atoms with E-state index in [0.717, 1.165) is 25.7 Å². The number of carbonyl (C=O) groups excluding carboxylic acids is 1. The highest BCUT2D eigenvalue weighted by atomic mass is 32.2. The minimum absolute atomic E-state index is 0.109. The summed E-state index contributed by atoms with van der Waals surface area (Å²) in [5, 5.41) is 2.73. The zero-order valence-corrected chi connectivity index (χ0v) is 16.6. The van der Waals surface area contributed by atoms with Gasteiger partial charge in [-0.25, -0.2) is 8.42 Å². The van der Waals surface area contributed by atoms with Crippen LogP contribution in [-0.4, -0.2) is 50.9 Å². The second-order valence-electron chi connectivity index (χ2n) is 7.35. The summed E-state index contributed by atoms with van der Waals surface area (Å²) in [6.07, 6.45) is 3.79. The van der Waals surface area contributed by atoms with Crippen molar-refractivity contribution < 1.29 is 17.9 Å². The van der Waals surface area contributed by atoms with Crippen molar-refractivity contribution in [3.05, 3.63) is 23.8 Å². The number of hydrogen-bond donors (Lipinski definition) is 2. The first kappa shape index (κ1) is 20.7. The van der Waals surface area contributed by atoms with Crippen molar-refractivity contribution in [2.45, 2.75) is 50.0 Å². The highest BCUT2D eigenvalue weighted by Crippen LogP contribution is 2.26. The highest BCUT2D eigenvalue weighted by molar-refractivity contribution is 7.89. The number of nitrogens with two attached hydrogens (primary N) is 1. The molecule has 0 unspecified atom stereocenters. The highest BCUT2D eigenvalue weighted by Gasteiger charge is 2.27. The topological polar surface area (TPSA) is 102 Å². The van der Waals surface area contributed by atoms with Gasteiger partial charge in [0.1, 0.15) is 5.75 Å². The third-order valence-electron chi connectivity index (χ3n) is 4.32. The lowest BCUT2D eigenvalue weighted by Crippen LogP contribution is -2.45. The first-order valence-corrected chi connectivity index (χ1v) is 10.3. The van der Waals surface area contributed by atoms with Crippen molar-refractivity contribution >= 4 is 15.9 Å². The van der Waals surface area contributed by atoms with Gasteiger partial charge in [-0.05, 0) is 44.9 Å². The third kappa shape index (κ3) is 5.18. The van der Waals surface area contributed by atoms with Gasteiger partial charge in [0.15, 0.2) is 0 Å². The van der Waals surface area contributed by atoms with Crippen molar-refractivity contribution in [1.82, 2.24) is 9.62 Å². The fourth-order valence-corrected chi connectivity index (χ4v) is 4.40. The molecular formula is C18H29N3O4S. The van der Waals surface area contributed by atoms with Crippen LogP contribution in [0.2, 0.25) is 0 Å². The molecule has 0 saturated carbocycles. The van der Waals surface area contributed by atoms with Gasteiger partial charge in [0.05, 0.1) is 17.6 Å².